The Balaban J connectivity index is 1.26. The van der Waals surface area contributed by atoms with E-state index in [1.807, 2.05) is 29.2 Å². The average molecular weight is 551 g/mol. The van der Waals surface area contributed by atoms with Gasteiger partial charge in [-0.25, -0.2) is 9.07 Å². The van der Waals surface area contributed by atoms with Gasteiger partial charge < -0.3 is 10.2 Å². The molecular formula is C28H22F4N6O2. The molecule has 0 radical (unpaired) electrons. The molecule has 1 saturated heterocycles. The number of benzene rings is 2. The van der Waals surface area contributed by atoms with Crippen LogP contribution in [0.4, 0.5) is 23.2 Å². The molecule has 0 saturated carbocycles. The zero-order valence-corrected chi connectivity index (χ0v) is 20.9. The number of nitrogens with one attached hydrogen (secondary N) is 1. The number of para-hydroxylation sites is 1. The highest BCUT2D eigenvalue weighted by atomic mass is 19.4. The Bertz CT molecular complexity index is 1600. The number of carbonyl (C=O) groups is 2. The van der Waals surface area contributed by atoms with Gasteiger partial charge in [-0.3, -0.25) is 19.5 Å². The number of hydrogen-bond acceptors (Lipinski definition) is 5. The summed E-state index contributed by atoms with van der Waals surface area (Å²) in [5, 5.41) is 7.27. The highest BCUT2D eigenvalue weighted by Gasteiger charge is 2.38. The molecular weight excluding hydrogens is 528 g/mol. The van der Waals surface area contributed by atoms with Crippen LogP contribution in [-0.2, 0) is 11.0 Å². The van der Waals surface area contributed by atoms with Crippen LogP contribution in [0.5, 0.6) is 0 Å². The fraction of sp³-hybridized carbons (Fsp3) is 0.214. The summed E-state index contributed by atoms with van der Waals surface area (Å²) in [5.74, 6) is -1.93. The van der Waals surface area contributed by atoms with E-state index >= 15 is 0 Å². The molecule has 0 spiro atoms. The van der Waals surface area contributed by atoms with Crippen molar-refractivity contribution in [3.05, 3.63) is 95.7 Å². The number of rotatable bonds is 4. The van der Waals surface area contributed by atoms with Crippen molar-refractivity contribution in [3.63, 3.8) is 0 Å². The molecule has 2 amide bonds. The van der Waals surface area contributed by atoms with Gasteiger partial charge in [0.1, 0.15) is 11.9 Å². The molecule has 12 heteroatoms. The van der Waals surface area contributed by atoms with Gasteiger partial charge in [-0.05, 0) is 36.4 Å². The minimum absolute atomic E-state index is 0.0270. The smallest absolute Gasteiger partial charge is 0.335 e. The molecule has 40 heavy (non-hydrogen) atoms. The Kier molecular flexibility index (Phi) is 6.34. The monoisotopic (exact) mass is 550 g/mol. The van der Waals surface area contributed by atoms with Gasteiger partial charge in [0, 0.05) is 61.5 Å². The minimum Gasteiger partial charge on any atom is -0.335 e. The molecule has 0 aliphatic carbocycles. The predicted molar refractivity (Wildman–Crippen MR) is 137 cm³/mol. The molecule has 2 aliphatic rings. The third kappa shape index (κ3) is 4.60. The van der Waals surface area contributed by atoms with Gasteiger partial charge in [0.15, 0.2) is 5.69 Å². The molecule has 2 aromatic heterocycles. The first-order valence-corrected chi connectivity index (χ1v) is 12.5. The van der Waals surface area contributed by atoms with E-state index in [2.05, 4.69) is 15.4 Å². The first-order chi connectivity index (χ1) is 19.2. The third-order valence-electron chi connectivity index (χ3n) is 7.12. The average Bonchev–Trinajstić information content (AvgIpc) is 3.54. The number of nitrogens with zero attached hydrogens (tertiary/aromatic N) is 5. The lowest BCUT2D eigenvalue weighted by Gasteiger charge is -2.37. The van der Waals surface area contributed by atoms with Crippen LogP contribution >= 0.6 is 0 Å². The van der Waals surface area contributed by atoms with Crippen LogP contribution in [0.3, 0.4) is 0 Å². The van der Waals surface area contributed by atoms with Gasteiger partial charge in [-0.1, -0.05) is 18.2 Å². The molecule has 2 aromatic carbocycles. The Labute approximate surface area is 225 Å². The molecule has 6 rings (SSSR count). The van der Waals surface area contributed by atoms with Gasteiger partial charge >= 0.3 is 6.18 Å². The van der Waals surface area contributed by atoms with Gasteiger partial charge in [0.05, 0.1) is 16.9 Å². The van der Waals surface area contributed by atoms with Crippen molar-refractivity contribution in [1.82, 2.24) is 24.6 Å². The Morgan fingerprint density at radius 1 is 0.975 bits per heavy atom. The Hall–Kier alpha value is -4.58. The minimum atomic E-state index is -4.84. The van der Waals surface area contributed by atoms with Crippen LogP contribution in [-0.4, -0.2) is 62.6 Å². The molecule has 8 nitrogen and oxygen atoms in total. The van der Waals surface area contributed by atoms with Crippen molar-refractivity contribution >= 4 is 17.5 Å². The SMILES string of the molecule is O=C1Nc2ccccc2C1N1CCN(C(=O)c2cc(-c3cccnc3)n(-c3ccc(C(F)(F)F)c(F)c3)n2)CC1. The fourth-order valence-electron chi connectivity index (χ4n) is 5.17. The van der Waals surface area contributed by atoms with E-state index in [-0.39, 0.29) is 23.2 Å². The Morgan fingerprint density at radius 2 is 1.75 bits per heavy atom. The third-order valence-corrected chi connectivity index (χ3v) is 7.12. The van der Waals surface area contributed by atoms with Crippen molar-refractivity contribution in [2.75, 3.05) is 31.5 Å². The highest BCUT2D eigenvalue weighted by molar-refractivity contribution is 6.02. The molecule has 4 aromatic rings. The first kappa shape index (κ1) is 25.7. The van der Waals surface area contributed by atoms with Crippen molar-refractivity contribution in [2.24, 2.45) is 0 Å². The summed E-state index contributed by atoms with van der Waals surface area (Å²) in [6.07, 6.45) is -1.77. The zero-order chi connectivity index (χ0) is 28.0. The van der Waals surface area contributed by atoms with Gasteiger partial charge in [0.25, 0.3) is 5.91 Å². The van der Waals surface area contributed by atoms with Crippen molar-refractivity contribution in [2.45, 2.75) is 12.2 Å². The number of pyridine rings is 1. The van der Waals surface area contributed by atoms with E-state index < -0.39 is 23.6 Å². The quantitative estimate of drug-likeness (QED) is 0.378. The molecule has 2 aliphatic heterocycles. The lowest BCUT2D eigenvalue weighted by Crippen LogP contribution is -2.50. The van der Waals surface area contributed by atoms with Gasteiger partial charge in [0.2, 0.25) is 5.91 Å². The second-order valence-corrected chi connectivity index (χ2v) is 9.54. The fourth-order valence-corrected chi connectivity index (χ4v) is 5.17. The van der Waals surface area contributed by atoms with Crippen molar-refractivity contribution in [3.8, 4) is 16.9 Å². The van der Waals surface area contributed by atoms with Crippen molar-refractivity contribution < 1.29 is 27.2 Å². The van der Waals surface area contributed by atoms with E-state index in [1.54, 1.807) is 23.2 Å². The predicted octanol–water partition coefficient (Wildman–Crippen LogP) is 4.54. The summed E-state index contributed by atoms with van der Waals surface area (Å²) in [7, 11) is 0. The number of alkyl halides is 3. The summed E-state index contributed by atoms with van der Waals surface area (Å²) in [4.78, 5) is 33.8. The van der Waals surface area contributed by atoms with Crippen LogP contribution in [0, 0.1) is 5.82 Å². The number of aromatic nitrogens is 3. The van der Waals surface area contributed by atoms with Crippen LogP contribution in [0.25, 0.3) is 16.9 Å². The number of carbonyl (C=O) groups excluding carboxylic acids is 2. The largest absolute Gasteiger partial charge is 0.419 e. The second-order valence-electron chi connectivity index (χ2n) is 9.54. The number of anilines is 1. The summed E-state index contributed by atoms with van der Waals surface area (Å²) in [6.45, 7) is 1.60. The lowest BCUT2D eigenvalue weighted by molar-refractivity contribution is -0.140. The standard InChI is InChI=1S/C28H22F4N6O2/c29-21-14-18(7-8-20(21)28(30,31)32)38-24(17-4-3-9-33-16-17)15-23(35-38)27(40)37-12-10-36(11-13-37)25-19-5-1-2-6-22(19)34-26(25)39/h1-9,14-16,25H,10-13H2,(H,34,39). The topological polar surface area (TPSA) is 83.4 Å². The summed E-state index contributed by atoms with van der Waals surface area (Å²) in [5.41, 5.74) is 1.29. The van der Waals surface area contributed by atoms with E-state index in [1.165, 1.54) is 16.9 Å². The second kappa shape index (κ2) is 9.87. The molecule has 0 bridgehead atoms. The first-order valence-electron chi connectivity index (χ1n) is 12.5. The maximum Gasteiger partial charge on any atom is 0.419 e. The summed E-state index contributed by atoms with van der Waals surface area (Å²) in [6, 6.07) is 14.5. The van der Waals surface area contributed by atoms with E-state index in [9.17, 15) is 27.2 Å². The van der Waals surface area contributed by atoms with Crippen LogP contribution < -0.4 is 5.32 Å². The van der Waals surface area contributed by atoms with E-state index in [4.69, 9.17) is 0 Å². The Morgan fingerprint density at radius 3 is 2.45 bits per heavy atom. The maximum atomic E-state index is 14.4. The molecule has 4 heterocycles. The highest BCUT2D eigenvalue weighted by Crippen LogP contribution is 2.36. The lowest BCUT2D eigenvalue weighted by atomic mass is 10.1. The van der Waals surface area contributed by atoms with Gasteiger partial charge in [-0.15, -0.1) is 0 Å². The molecule has 1 unspecified atom stereocenters. The molecule has 1 N–H and O–H groups in total. The van der Waals surface area contributed by atoms with E-state index in [0.717, 1.165) is 23.4 Å². The van der Waals surface area contributed by atoms with Gasteiger partial charge in [-0.2, -0.15) is 18.3 Å². The molecule has 1 atom stereocenters. The summed E-state index contributed by atoms with van der Waals surface area (Å²) < 4.78 is 55.0. The van der Waals surface area contributed by atoms with Crippen molar-refractivity contribution in [1.29, 1.82) is 0 Å². The normalized spacial score (nSPS) is 17.6. The van der Waals surface area contributed by atoms with Crippen LogP contribution in [0.2, 0.25) is 0 Å². The number of hydrogen-bond donors (Lipinski definition) is 1. The van der Waals surface area contributed by atoms with Crippen LogP contribution in [0.1, 0.15) is 27.7 Å². The molecule has 1 fully saturated rings. The summed E-state index contributed by atoms with van der Waals surface area (Å²) >= 11 is 0. The van der Waals surface area contributed by atoms with E-state index in [0.29, 0.717) is 43.5 Å². The number of halogens is 4. The number of amides is 2. The van der Waals surface area contributed by atoms with Crippen LogP contribution in [0.15, 0.2) is 73.1 Å². The molecule has 204 valence electrons. The maximum absolute atomic E-state index is 14.4. The number of fused-ring (bicyclic) bond motifs is 1. The number of piperazine rings is 1. The zero-order valence-electron chi connectivity index (χ0n) is 20.9.